The lowest BCUT2D eigenvalue weighted by Crippen LogP contribution is -2.04. The first-order valence-corrected chi connectivity index (χ1v) is 6.80. The van der Waals surface area contributed by atoms with Crippen LogP contribution in [0.4, 0.5) is 0 Å². The van der Waals surface area contributed by atoms with Gasteiger partial charge in [0.1, 0.15) is 0 Å². The predicted molar refractivity (Wildman–Crippen MR) is 81.6 cm³/mol. The van der Waals surface area contributed by atoms with E-state index in [9.17, 15) is 5.11 Å². The van der Waals surface area contributed by atoms with Crippen molar-refractivity contribution < 1.29 is 5.11 Å². The quantitative estimate of drug-likeness (QED) is 0.779. The number of benzene rings is 2. The van der Waals surface area contributed by atoms with Crippen LogP contribution in [0.25, 0.3) is 10.8 Å². The predicted octanol–water partition coefficient (Wildman–Crippen LogP) is 3.82. The van der Waals surface area contributed by atoms with E-state index in [1.807, 2.05) is 25.1 Å². The van der Waals surface area contributed by atoms with Crippen LogP contribution in [-0.4, -0.2) is 10.1 Å². The van der Waals surface area contributed by atoms with Crippen LogP contribution in [0.2, 0.25) is 0 Å². The van der Waals surface area contributed by atoms with E-state index in [4.69, 9.17) is 0 Å². The molecule has 2 aromatic carbocycles. The number of hydrogen-bond acceptors (Lipinski definition) is 2. The molecule has 1 heterocycles. The van der Waals surface area contributed by atoms with Gasteiger partial charge in [-0.25, -0.2) is 0 Å². The molecule has 3 aromatic rings. The zero-order chi connectivity index (χ0) is 13.9. The molecule has 1 aromatic heterocycles. The highest BCUT2D eigenvalue weighted by Crippen LogP contribution is 2.23. The average Bonchev–Trinajstić information content (AvgIpc) is 2.47. The van der Waals surface area contributed by atoms with Gasteiger partial charge >= 0.3 is 0 Å². The summed E-state index contributed by atoms with van der Waals surface area (Å²) < 4.78 is 0. The Morgan fingerprint density at radius 2 is 1.85 bits per heavy atom. The van der Waals surface area contributed by atoms with Crippen LogP contribution in [0, 0.1) is 6.92 Å². The molecule has 0 aliphatic heterocycles. The lowest BCUT2D eigenvalue weighted by molar-refractivity contribution is 0.177. The van der Waals surface area contributed by atoms with E-state index in [1.54, 1.807) is 12.4 Å². The van der Waals surface area contributed by atoms with Crippen molar-refractivity contribution in [2.24, 2.45) is 0 Å². The van der Waals surface area contributed by atoms with E-state index in [0.29, 0.717) is 6.42 Å². The summed E-state index contributed by atoms with van der Waals surface area (Å²) in [5.74, 6) is 0. The molecule has 1 N–H and O–H groups in total. The lowest BCUT2D eigenvalue weighted by Gasteiger charge is -2.13. The number of nitrogens with zero attached hydrogens (tertiary/aromatic N) is 1. The van der Waals surface area contributed by atoms with Crippen LogP contribution in [0.3, 0.4) is 0 Å². The molecule has 0 aliphatic carbocycles. The minimum Gasteiger partial charge on any atom is -0.388 e. The number of aliphatic hydroxyl groups is 1. The topological polar surface area (TPSA) is 33.1 Å². The molecule has 0 aliphatic rings. The van der Waals surface area contributed by atoms with E-state index >= 15 is 0 Å². The molecule has 2 nitrogen and oxygen atoms in total. The highest BCUT2D eigenvalue weighted by Gasteiger charge is 2.11. The first kappa shape index (κ1) is 12.8. The third kappa shape index (κ3) is 2.56. The average molecular weight is 263 g/mol. The fourth-order valence-corrected chi connectivity index (χ4v) is 2.52. The fraction of sp³-hybridized carbons (Fsp3) is 0.167. The molecule has 1 unspecified atom stereocenters. The van der Waals surface area contributed by atoms with Crippen molar-refractivity contribution in [2.45, 2.75) is 19.4 Å². The van der Waals surface area contributed by atoms with Gasteiger partial charge in [0.15, 0.2) is 0 Å². The molecular formula is C18H17NO. The van der Waals surface area contributed by atoms with Crippen molar-refractivity contribution in [2.75, 3.05) is 0 Å². The number of aromatic nitrogens is 1. The van der Waals surface area contributed by atoms with Crippen LogP contribution in [-0.2, 0) is 6.42 Å². The molecule has 0 fully saturated rings. The third-order valence-corrected chi connectivity index (χ3v) is 3.68. The number of fused-ring (bicyclic) bond motifs is 1. The van der Waals surface area contributed by atoms with Gasteiger partial charge in [-0.05, 0) is 34.9 Å². The molecule has 0 amide bonds. The Balaban J connectivity index is 1.87. The Hall–Kier alpha value is -2.19. The maximum Gasteiger partial charge on any atom is 0.0847 e. The highest BCUT2D eigenvalue weighted by atomic mass is 16.3. The van der Waals surface area contributed by atoms with E-state index in [1.165, 1.54) is 10.8 Å². The zero-order valence-corrected chi connectivity index (χ0v) is 11.5. The van der Waals surface area contributed by atoms with Gasteiger partial charge in [-0.15, -0.1) is 0 Å². The molecule has 2 heteroatoms. The Kier molecular flexibility index (Phi) is 3.48. The summed E-state index contributed by atoms with van der Waals surface area (Å²) in [6.45, 7) is 2.00. The summed E-state index contributed by atoms with van der Waals surface area (Å²) in [5, 5.41) is 12.8. The molecule has 0 bridgehead atoms. The third-order valence-electron chi connectivity index (χ3n) is 3.68. The monoisotopic (exact) mass is 263 g/mol. The molecule has 0 radical (unpaired) electrons. The first-order valence-electron chi connectivity index (χ1n) is 6.80. The van der Waals surface area contributed by atoms with Gasteiger partial charge < -0.3 is 5.11 Å². The van der Waals surface area contributed by atoms with Crippen molar-refractivity contribution >= 4 is 10.8 Å². The van der Waals surface area contributed by atoms with E-state index < -0.39 is 6.10 Å². The molecule has 100 valence electrons. The van der Waals surface area contributed by atoms with Gasteiger partial charge in [0.25, 0.3) is 0 Å². The van der Waals surface area contributed by atoms with Gasteiger partial charge in [0.05, 0.1) is 6.10 Å². The summed E-state index contributed by atoms with van der Waals surface area (Å²) >= 11 is 0. The summed E-state index contributed by atoms with van der Waals surface area (Å²) in [4.78, 5) is 4.10. The maximum absolute atomic E-state index is 10.4. The lowest BCUT2D eigenvalue weighted by atomic mass is 9.98. The van der Waals surface area contributed by atoms with E-state index in [2.05, 4.69) is 35.3 Å². The molecule has 3 rings (SSSR count). The molecule has 20 heavy (non-hydrogen) atoms. The van der Waals surface area contributed by atoms with Gasteiger partial charge in [-0.1, -0.05) is 42.5 Å². The van der Waals surface area contributed by atoms with Gasteiger partial charge in [-0.3, -0.25) is 4.98 Å². The molecule has 0 saturated heterocycles. The highest BCUT2D eigenvalue weighted by molar-refractivity contribution is 5.83. The second-order valence-corrected chi connectivity index (χ2v) is 5.13. The molecule has 0 spiro atoms. The molecule has 1 atom stereocenters. The Morgan fingerprint density at radius 3 is 2.65 bits per heavy atom. The minimum atomic E-state index is -0.509. The first-order chi connectivity index (χ1) is 9.74. The number of rotatable bonds is 3. The second-order valence-electron chi connectivity index (χ2n) is 5.13. The van der Waals surface area contributed by atoms with Crippen molar-refractivity contribution in [1.29, 1.82) is 0 Å². The van der Waals surface area contributed by atoms with Gasteiger partial charge in [-0.2, -0.15) is 0 Å². The molecule has 0 saturated carbocycles. The van der Waals surface area contributed by atoms with Crippen LogP contribution >= 0.6 is 0 Å². The Labute approximate surface area is 118 Å². The Bertz CT molecular complexity index is 736. The summed E-state index contributed by atoms with van der Waals surface area (Å²) in [5.41, 5.74) is 3.12. The zero-order valence-electron chi connectivity index (χ0n) is 11.5. The standard InChI is InChI=1S/C18H17NO/c1-13-8-9-19-12-17(13)18(20)11-14-6-7-15-4-2-3-5-16(15)10-14/h2-10,12,18,20H,11H2,1H3. The number of aryl methyl sites for hydroxylation is 1. The van der Waals surface area contributed by atoms with Crippen LogP contribution in [0.5, 0.6) is 0 Å². The number of aliphatic hydroxyl groups excluding tert-OH is 1. The maximum atomic E-state index is 10.4. The van der Waals surface area contributed by atoms with Crippen molar-refractivity contribution in [3.05, 3.63) is 77.6 Å². The summed E-state index contributed by atoms with van der Waals surface area (Å²) in [6, 6.07) is 16.5. The van der Waals surface area contributed by atoms with Gasteiger partial charge in [0, 0.05) is 24.4 Å². The second kappa shape index (κ2) is 5.43. The smallest absolute Gasteiger partial charge is 0.0847 e. The molecular weight excluding hydrogens is 246 g/mol. The Morgan fingerprint density at radius 1 is 1.05 bits per heavy atom. The number of pyridine rings is 1. The van der Waals surface area contributed by atoms with Crippen molar-refractivity contribution in [3.63, 3.8) is 0 Å². The largest absolute Gasteiger partial charge is 0.388 e. The van der Waals surface area contributed by atoms with Crippen LogP contribution in [0.15, 0.2) is 60.9 Å². The van der Waals surface area contributed by atoms with E-state index in [0.717, 1.165) is 16.7 Å². The summed E-state index contributed by atoms with van der Waals surface area (Å²) in [7, 11) is 0. The number of hydrogen-bond donors (Lipinski definition) is 1. The summed E-state index contributed by atoms with van der Waals surface area (Å²) in [6.07, 6.45) is 3.60. The fourth-order valence-electron chi connectivity index (χ4n) is 2.52. The van der Waals surface area contributed by atoms with Gasteiger partial charge in [0.2, 0.25) is 0 Å². The van der Waals surface area contributed by atoms with E-state index in [-0.39, 0.29) is 0 Å². The van der Waals surface area contributed by atoms with Crippen LogP contribution < -0.4 is 0 Å². The van der Waals surface area contributed by atoms with Crippen molar-refractivity contribution in [1.82, 2.24) is 4.98 Å². The van der Waals surface area contributed by atoms with Crippen molar-refractivity contribution in [3.8, 4) is 0 Å². The minimum absolute atomic E-state index is 0.509. The SMILES string of the molecule is Cc1ccncc1C(O)Cc1ccc2ccccc2c1. The van der Waals surface area contributed by atoms with Crippen LogP contribution in [0.1, 0.15) is 22.8 Å². The normalized spacial score (nSPS) is 12.5.